The molecule has 0 radical (unpaired) electrons. The number of carboxylic acid groups (broad SMARTS) is 1. The van der Waals surface area contributed by atoms with E-state index in [9.17, 15) is 24.3 Å². The van der Waals surface area contributed by atoms with Gasteiger partial charge in [0, 0.05) is 28.6 Å². The molecule has 3 N–H and O–H groups in total. The van der Waals surface area contributed by atoms with Gasteiger partial charge in [-0.05, 0) is 17.7 Å². The molecule has 0 bridgehead atoms. The molecule has 0 atom stereocenters. The van der Waals surface area contributed by atoms with Crippen LogP contribution >= 0.6 is 22.9 Å². The van der Waals surface area contributed by atoms with E-state index in [0.29, 0.717) is 23.7 Å². The molecule has 3 heterocycles. The first-order chi connectivity index (χ1) is 15.2. The molecule has 0 aliphatic carbocycles. The summed E-state index contributed by atoms with van der Waals surface area (Å²) >= 11 is 7.03. The number of nitrogens with one attached hydrogen (secondary N) is 1. The third kappa shape index (κ3) is 4.16. The summed E-state index contributed by atoms with van der Waals surface area (Å²) in [6, 6.07) is 7.02. The lowest BCUT2D eigenvalue weighted by atomic mass is 10.1. The van der Waals surface area contributed by atoms with E-state index in [4.69, 9.17) is 16.7 Å². The molecule has 3 aromatic rings. The van der Waals surface area contributed by atoms with E-state index in [1.165, 1.54) is 4.40 Å². The van der Waals surface area contributed by atoms with Gasteiger partial charge in [-0.2, -0.15) is 4.98 Å². The minimum Gasteiger partial charge on any atom is -0.492 e. The maximum atomic E-state index is 12.9. The number of aromatic nitrogens is 2. The molecule has 0 saturated heterocycles. The summed E-state index contributed by atoms with van der Waals surface area (Å²) in [5.74, 6) is -3.16. The molecule has 2 amide bonds. The SMILES string of the molecule is O=C(O)CNC(=O)c1c(O)nc2sc3c(n2c1=O)CCN(C(=O)Cc1ccc(Cl)cc1)C3. The number of fused-ring (bicyclic) bond motifs is 3. The van der Waals surface area contributed by atoms with Crippen molar-refractivity contribution in [1.29, 1.82) is 0 Å². The van der Waals surface area contributed by atoms with Gasteiger partial charge in [-0.1, -0.05) is 35.1 Å². The highest BCUT2D eigenvalue weighted by atomic mass is 35.5. The highest BCUT2D eigenvalue weighted by molar-refractivity contribution is 7.17. The van der Waals surface area contributed by atoms with Crippen molar-refractivity contribution in [2.75, 3.05) is 13.1 Å². The van der Waals surface area contributed by atoms with Gasteiger partial charge in [-0.15, -0.1) is 0 Å². The fraction of sp³-hybridized carbons (Fsp3) is 0.250. The van der Waals surface area contributed by atoms with Crippen LogP contribution in [0.1, 0.15) is 26.5 Å². The van der Waals surface area contributed by atoms with E-state index in [0.717, 1.165) is 21.8 Å². The van der Waals surface area contributed by atoms with E-state index in [1.54, 1.807) is 29.2 Å². The molecular formula is C20H17ClN4O6S. The molecule has 10 nitrogen and oxygen atoms in total. The second kappa shape index (κ2) is 8.60. The monoisotopic (exact) mass is 476 g/mol. The van der Waals surface area contributed by atoms with Gasteiger partial charge in [0.2, 0.25) is 16.7 Å². The van der Waals surface area contributed by atoms with Crippen LogP contribution in [-0.2, 0) is 29.0 Å². The highest BCUT2D eigenvalue weighted by Gasteiger charge is 2.28. The van der Waals surface area contributed by atoms with Crippen LogP contribution in [0.5, 0.6) is 5.88 Å². The molecule has 0 unspecified atom stereocenters. The summed E-state index contributed by atoms with van der Waals surface area (Å²) < 4.78 is 1.25. The number of carbonyl (C=O) groups is 3. The first kappa shape index (κ1) is 21.8. The largest absolute Gasteiger partial charge is 0.492 e. The van der Waals surface area contributed by atoms with Crippen LogP contribution in [0.25, 0.3) is 4.96 Å². The normalized spacial score (nSPS) is 13.1. The van der Waals surface area contributed by atoms with Crippen LogP contribution in [0.2, 0.25) is 5.02 Å². The van der Waals surface area contributed by atoms with Crippen LogP contribution in [0.4, 0.5) is 0 Å². The molecule has 0 saturated carbocycles. The molecule has 1 aliphatic rings. The van der Waals surface area contributed by atoms with Gasteiger partial charge in [0.1, 0.15) is 6.54 Å². The van der Waals surface area contributed by atoms with Crippen molar-refractivity contribution in [3.05, 3.63) is 61.3 Å². The third-order valence-electron chi connectivity index (χ3n) is 5.04. The Hall–Kier alpha value is -3.44. The number of aliphatic carboxylic acids is 1. The van der Waals surface area contributed by atoms with E-state index >= 15 is 0 Å². The minimum atomic E-state index is -1.29. The molecule has 0 fully saturated rings. The van der Waals surface area contributed by atoms with Crippen molar-refractivity contribution in [3.63, 3.8) is 0 Å². The smallest absolute Gasteiger partial charge is 0.322 e. The molecule has 12 heteroatoms. The number of carbonyl (C=O) groups excluding carboxylic acids is 2. The van der Waals surface area contributed by atoms with Crippen molar-refractivity contribution in [1.82, 2.24) is 19.6 Å². The number of hydrogen-bond donors (Lipinski definition) is 3. The Morgan fingerprint density at radius 2 is 1.94 bits per heavy atom. The lowest BCUT2D eigenvalue weighted by Gasteiger charge is -2.26. The molecule has 1 aromatic carbocycles. The number of halogens is 1. The Morgan fingerprint density at radius 1 is 1.22 bits per heavy atom. The zero-order valence-corrected chi connectivity index (χ0v) is 18.1. The van der Waals surface area contributed by atoms with E-state index in [1.807, 2.05) is 0 Å². The summed E-state index contributed by atoms with van der Waals surface area (Å²) in [7, 11) is 0. The van der Waals surface area contributed by atoms with E-state index in [2.05, 4.69) is 10.3 Å². The summed E-state index contributed by atoms with van der Waals surface area (Å²) in [5.41, 5.74) is 0.0473. The molecule has 4 rings (SSSR count). The number of rotatable bonds is 5. The summed E-state index contributed by atoms with van der Waals surface area (Å²) in [6.45, 7) is -0.0531. The quantitative estimate of drug-likeness (QED) is 0.499. The van der Waals surface area contributed by atoms with Gasteiger partial charge >= 0.3 is 5.97 Å². The lowest BCUT2D eigenvalue weighted by Crippen LogP contribution is -2.38. The Bertz CT molecular complexity index is 1300. The zero-order chi connectivity index (χ0) is 23.0. The number of amides is 2. The molecule has 1 aliphatic heterocycles. The van der Waals surface area contributed by atoms with E-state index < -0.39 is 35.4 Å². The molecular weight excluding hydrogens is 460 g/mol. The number of thiazole rings is 1. The number of nitrogens with zero attached hydrogens (tertiary/aromatic N) is 3. The standard InChI is InChI=1S/C20H17ClN4O6S/c21-11-3-1-10(2-4-11)7-14(26)24-6-5-12-13(9-24)32-20-23-18(30)16(19(31)25(12)20)17(29)22-8-15(27)28/h1-4,30H,5-9H2,(H,22,29)(H,27,28). The average Bonchev–Trinajstić information content (AvgIpc) is 3.11. The van der Waals surface area contributed by atoms with Crippen LogP contribution < -0.4 is 10.9 Å². The highest BCUT2D eigenvalue weighted by Crippen LogP contribution is 2.28. The summed E-state index contributed by atoms with van der Waals surface area (Å²) in [6.07, 6.45) is 0.578. The Morgan fingerprint density at radius 3 is 2.62 bits per heavy atom. The van der Waals surface area contributed by atoms with Gasteiger partial charge in [0.05, 0.1) is 13.0 Å². The Kier molecular flexibility index (Phi) is 5.85. The second-order valence-corrected chi connectivity index (χ2v) is 8.65. The fourth-order valence-corrected chi connectivity index (χ4v) is 4.80. The van der Waals surface area contributed by atoms with Crippen LogP contribution in [0, 0.1) is 0 Å². The van der Waals surface area contributed by atoms with Crippen molar-refractivity contribution in [3.8, 4) is 5.88 Å². The van der Waals surface area contributed by atoms with Crippen molar-refractivity contribution < 1.29 is 24.6 Å². The number of carboxylic acids is 1. The van der Waals surface area contributed by atoms with Gasteiger partial charge < -0.3 is 20.4 Å². The number of aromatic hydroxyl groups is 1. The number of hydrogen-bond acceptors (Lipinski definition) is 7. The lowest BCUT2D eigenvalue weighted by molar-refractivity contribution is -0.136. The van der Waals surface area contributed by atoms with Crippen molar-refractivity contribution in [2.45, 2.75) is 19.4 Å². The molecule has 32 heavy (non-hydrogen) atoms. The van der Waals surface area contributed by atoms with Gasteiger partial charge in [-0.25, -0.2) is 0 Å². The molecule has 0 spiro atoms. The molecule has 2 aromatic heterocycles. The average molecular weight is 477 g/mol. The maximum Gasteiger partial charge on any atom is 0.322 e. The first-order valence-electron chi connectivity index (χ1n) is 9.53. The Labute approximate surface area is 189 Å². The first-order valence-corrected chi connectivity index (χ1v) is 10.7. The maximum absolute atomic E-state index is 12.9. The van der Waals surface area contributed by atoms with E-state index in [-0.39, 0.29) is 23.8 Å². The third-order valence-corrected chi connectivity index (χ3v) is 6.36. The summed E-state index contributed by atoms with van der Waals surface area (Å²) in [5, 5.41) is 21.5. The summed E-state index contributed by atoms with van der Waals surface area (Å²) in [4.78, 5) is 55.1. The number of benzene rings is 1. The van der Waals surface area contributed by atoms with Crippen LogP contribution in [-0.4, -0.2) is 55.4 Å². The van der Waals surface area contributed by atoms with Gasteiger partial charge in [0.25, 0.3) is 11.5 Å². The van der Waals surface area contributed by atoms with Crippen molar-refractivity contribution in [2.24, 2.45) is 0 Å². The minimum absolute atomic E-state index is 0.0766. The fourth-order valence-electron chi connectivity index (χ4n) is 3.50. The topological polar surface area (TPSA) is 141 Å². The van der Waals surface area contributed by atoms with Gasteiger partial charge in [-0.3, -0.25) is 23.6 Å². The molecule has 166 valence electrons. The van der Waals surface area contributed by atoms with Crippen molar-refractivity contribution >= 4 is 45.7 Å². The van der Waals surface area contributed by atoms with Crippen LogP contribution in [0.15, 0.2) is 29.1 Å². The van der Waals surface area contributed by atoms with Gasteiger partial charge in [0.15, 0.2) is 5.56 Å². The zero-order valence-electron chi connectivity index (χ0n) is 16.5. The predicted molar refractivity (Wildman–Crippen MR) is 115 cm³/mol. The predicted octanol–water partition coefficient (Wildman–Crippen LogP) is 1.06. The second-order valence-electron chi connectivity index (χ2n) is 7.15. The van der Waals surface area contributed by atoms with Crippen LogP contribution in [0.3, 0.4) is 0 Å². The Balaban J connectivity index is 1.60.